The molecule has 0 spiro atoms. The zero-order chi connectivity index (χ0) is 12.8. The third-order valence-corrected chi connectivity index (χ3v) is 4.23. The average Bonchev–Trinajstić information content (AvgIpc) is 2.87. The Labute approximate surface area is 135 Å². The van der Waals surface area contributed by atoms with E-state index in [2.05, 4.69) is 10.2 Å². The second-order valence-electron chi connectivity index (χ2n) is 5.82. The van der Waals surface area contributed by atoms with Gasteiger partial charge in [0, 0.05) is 18.5 Å². The fraction of sp³-hybridized carbons (Fsp3) is 0.929. The van der Waals surface area contributed by atoms with Crippen LogP contribution in [0.2, 0.25) is 0 Å². The highest BCUT2D eigenvalue weighted by Gasteiger charge is 2.24. The summed E-state index contributed by atoms with van der Waals surface area (Å²) >= 11 is 0. The number of nitrogens with two attached hydrogens (primary N) is 1. The predicted octanol–water partition coefficient (Wildman–Crippen LogP) is 1.95. The zero-order valence-electron chi connectivity index (χ0n) is 12.2. The molecule has 0 aromatic carbocycles. The van der Waals surface area contributed by atoms with Crippen molar-refractivity contribution in [1.82, 2.24) is 10.2 Å². The van der Waals surface area contributed by atoms with Crippen molar-refractivity contribution in [3.63, 3.8) is 0 Å². The Hall–Kier alpha value is -0.0300. The van der Waals surface area contributed by atoms with Gasteiger partial charge >= 0.3 is 0 Å². The molecular weight excluding hydrogens is 297 g/mol. The highest BCUT2D eigenvalue weighted by atomic mass is 35.5. The van der Waals surface area contributed by atoms with Gasteiger partial charge in [0.15, 0.2) is 0 Å². The van der Waals surface area contributed by atoms with Gasteiger partial charge in [-0.15, -0.1) is 24.8 Å². The lowest BCUT2D eigenvalue weighted by atomic mass is 9.85. The standard InChI is InChI=1S/C14H27N3O.2ClH/c15-13-6-3-5-12(11-13)14(18)16-7-4-10-17-8-1-2-9-17;;/h12-13H,1-11,15H2,(H,16,18);2*1H. The van der Waals surface area contributed by atoms with Crippen LogP contribution in [0, 0.1) is 5.92 Å². The molecule has 2 atom stereocenters. The average molecular weight is 326 g/mol. The van der Waals surface area contributed by atoms with Crippen LogP contribution in [-0.2, 0) is 4.79 Å². The van der Waals surface area contributed by atoms with Gasteiger partial charge in [0.2, 0.25) is 5.91 Å². The molecule has 1 amide bonds. The topological polar surface area (TPSA) is 58.4 Å². The summed E-state index contributed by atoms with van der Waals surface area (Å²) in [7, 11) is 0. The molecule has 6 heteroatoms. The van der Waals surface area contributed by atoms with Gasteiger partial charge in [-0.3, -0.25) is 4.79 Å². The molecule has 1 aliphatic heterocycles. The van der Waals surface area contributed by atoms with Gasteiger partial charge in [0.25, 0.3) is 0 Å². The summed E-state index contributed by atoms with van der Waals surface area (Å²) in [5, 5.41) is 3.08. The number of nitrogens with zero attached hydrogens (tertiary/aromatic N) is 1. The Balaban J connectivity index is 0.00000180. The van der Waals surface area contributed by atoms with Crippen LogP contribution in [0.4, 0.5) is 0 Å². The molecule has 0 bridgehead atoms. The summed E-state index contributed by atoms with van der Waals surface area (Å²) in [5.74, 6) is 0.395. The van der Waals surface area contributed by atoms with Gasteiger partial charge in [0.05, 0.1) is 0 Å². The van der Waals surface area contributed by atoms with Gasteiger partial charge in [-0.25, -0.2) is 0 Å². The largest absolute Gasteiger partial charge is 0.356 e. The lowest BCUT2D eigenvalue weighted by Gasteiger charge is -2.25. The van der Waals surface area contributed by atoms with Crippen molar-refractivity contribution in [1.29, 1.82) is 0 Å². The van der Waals surface area contributed by atoms with Crippen molar-refractivity contribution >= 4 is 30.7 Å². The van der Waals surface area contributed by atoms with Gasteiger partial charge < -0.3 is 16.0 Å². The monoisotopic (exact) mass is 325 g/mol. The molecule has 2 rings (SSSR count). The SMILES string of the molecule is Cl.Cl.NC1CCCC(C(=O)NCCCN2CCCC2)C1. The van der Waals surface area contributed by atoms with E-state index >= 15 is 0 Å². The first-order chi connectivity index (χ1) is 8.75. The minimum absolute atomic E-state index is 0. The molecule has 0 radical (unpaired) electrons. The summed E-state index contributed by atoms with van der Waals surface area (Å²) in [6, 6.07) is 0.235. The molecule has 2 aliphatic rings. The van der Waals surface area contributed by atoms with Gasteiger partial charge in [0.1, 0.15) is 0 Å². The van der Waals surface area contributed by atoms with Crippen LogP contribution < -0.4 is 11.1 Å². The Morgan fingerprint density at radius 1 is 1.15 bits per heavy atom. The third-order valence-electron chi connectivity index (χ3n) is 4.23. The maximum atomic E-state index is 12.0. The second kappa shape index (κ2) is 10.7. The molecule has 20 heavy (non-hydrogen) atoms. The van der Waals surface area contributed by atoms with Crippen molar-refractivity contribution in [2.75, 3.05) is 26.2 Å². The lowest BCUT2D eigenvalue weighted by Crippen LogP contribution is -2.38. The minimum Gasteiger partial charge on any atom is -0.356 e. The number of amides is 1. The number of hydrogen-bond acceptors (Lipinski definition) is 3. The van der Waals surface area contributed by atoms with E-state index in [1.165, 1.54) is 25.9 Å². The van der Waals surface area contributed by atoms with E-state index in [0.29, 0.717) is 0 Å². The van der Waals surface area contributed by atoms with E-state index in [0.717, 1.165) is 45.2 Å². The summed E-state index contributed by atoms with van der Waals surface area (Å²) in [5.41, 5.74) is 5.91. The number of rotatable bonds is 5. The van der Waals surface area contributed by atoms with Crippen LogP contribution in [0.1, 0.15) is 44.9 Å². The summed E-state index contributed by atoms with van der Waals surface area (Å²) in [4.78, 5) is 14.4. The minimum atomic E-state index is 0. The first-order valence-electron chi connectivity index (χ1n) is 7.51. The smallest absolute Gasteiger partial charge is 0.223 e. The Kier molecular flexibility index (Phi) is 10.6. The molecule has 0 aromatic heterocycles. The Morgan fingerprint density at radius 3 is 2.50 bits per heavy atom. The highest BCUT2D eigenvalue weighted by molar-refractivity contribution is 5.85. The van der Waals surface area contributed by atoms with E-state index in [-0.39, 0.29) is 42.7 Å². The number of hydrogen-bond donors (Lipinski definition) is 2. The van der Waals surface area contributed by atoms with Crippen LogP contribution in [-0.4, -0.2) is 43.0 Å². The Bertz CT molecular complexity index is 273. The van der Waals surface area contributed by atoms with E-state index in [1.807, 2.05) is 0 Å². The van der Waals surface area contributed by atoms with Crippen LogP contribution in [0.15, 0.2) is 0 Å². The van der Waals surface area contributed by atoms with Gasteiger partial charge in [-0.05, 0) is 58.2 Å². The first-order valence-corrected chi connectivity index (χ1v) is 7.51. The number of likely N-dealkylation sites (tertiary alicyclic amines) is 1. The maximum Gasteiger partial charge on any atom is 0.223 e. The van der Waals surface area contributed by atoms with Gasteiger partial charge in [-0.2, -0.15) is 0 Å². The van der Waals surface area contributed by atoms with Crippen LogP contribution in [0.3, 0.4) is 0 Å². The van der Waals surface area contributed by atoms with Crippen molar-refractivity contribution in [2.24, 2.45) is 11.7 Å². The first kappa shape index (κ1) is 20.0. The number of nitrogens with one attached hydrogen (secondary N) is 1. The van der Waals surface area contributed by atoms with Crippen molar-refractivity contribution in [3.05, 3.63) is 0 Å². The fourth-order valence-electron chi connectivity index (χ4n) is 3.13. The molecular formula is C14H29Cl2N3O. The molecule has 1 heterocycles. The normalized spacial score (nSPS) is 26.4. The summed E-state index contributed by atoms with van der Waals surface area (Å²) < 4.78 is 0. The van der Waals surface area contributed by atoms with E-state index in [1.54, 1.807) is 0 Å². The number of carbonyl (C=O) groups is 1. The van der Waals surface area contributed by atoms with Crippen molar-refractivity contribution < 1.29 is 4.79 Å². The third kappa shape index (κ3) is 6.61. The van der Waals surface area contributed by atoms with Crippen LogP contribution in [0.5, 0.6) is 0 Å². The molecule has 0 aromatic rings. The maximum absolute atomic E-state index is 12.0. The van der Waals surface area contributed by atoms with E-state index < -0.39 is 0 Å². The second-order valence-corrected chi connectivity index (χ2v) is 5.82. The number of halogens is 2. The molecule has 120 valence electrons. The quantitative estimate of drug-likeness (QED) is 0.759. The zero-order valence-corrected chi connectivity index (χ0v) is 13.8. The van der Waals surface area contributed by atoms with E-state index in [9.17, 15) is 4.79 Å². The Morgan fingerprint density at radius 2 is 1.85 bits per heavy atom. The van der Waals surface area contributed by atoms with E-state index in [4.69, 9.17) is 5.73 Å². The molecule has 1 saturated heterocycles. The lowest BCUT2D eigenvalue weighted by molar-refractivity contribution is -0.126. The molecule has 4 nitrogen and oxygen atoms in total. The fourth-order valence-corrected chi connectivity index (χ4v) is 3.13. The predicted molar refractivity (Wildman–Crippen MR) is 87.7 cm³/mol. The molecule has 3 N–H and O–H groups in total. The molecule has 2 fully saturated rings. The molecule has 1 aliphatic carbocycles. The number of carbonyl (C=O) groups excluding carboxylic acids is 1. The van der Waals surface area contributed by atoms with Crippen LogP contribution in [0.25, 0.3) is 0 Å². The molecule has 2 unspecified atom stereocenters. The van der Waals surface area contributed by atoms with Gasteiger partial charge in [-0.1, -0.05) is 6.42 Å². The summed E-state index contributed by atoms with van der Waals surface area (Å²) in [6.45, 7) is 4.43. The van der Waals surface area contributed by atoms with Crippen LogP contribution >= 0.6 is 24.8 Å². The van der Waals surface area contributed by atoms with Crippen molar-refractivity contribution in [3.8, 4) is 0 Å². The van der Waals surface area contributed by atoms with Crippen molar-refractivity contribution in [2.45, 2.75) is 51.0 Å². The summed E-state index contributed by atoms with van der Waals surface area (Å²) in [6.07, 6.45) is 7.83. The highest BCUT2D eigenvalue weighted by Crippen LogP contribution is 2.23. The molecule has 1 saturated carbocycles.